The van der Waals surface area contributed by atoms with E-state index >= 15 is 0 Å². The molecular weight excluding hydrogens is 737 g/mol. The van der Waals surface area contributed by atoms with Gasteiger partial charge in [-0.3, -0.25) is 8.88 Å². The number of anilines is 2. The van der Waals surface area contributed by atoms with E-state index in [0.29, 0.717) is 0 Å². The van der Waals surface area contributed by atoms with Gasteiger partial charge in [-0.25, -0.2) is 0 Å². The standard InChI is InChI=1S/C48H50Cl2N2P2/c1-27-19-31(5)43(32(6)20-27)39-15-13-16-40(44-33(7)21-28(2)22-34(44)8)47(39)51-53(49)52(54(51)50)48-41(45-35(9)23-29(3)24-36(45)10)17-14-18-42(48)46-37(11)25-30(4)26-38(46)12/h13-26H,1-12H3. The molecule has 1 aliphatic heterocycles. The number of halogens is 2. The Balaban J connectivity index is 1.51. The number of para-hydroxylation sites is 2. The van der Waals surface area contributed by atoms with Gasteiger partial charge in [0, 0.05) is 22.3 Å². The topological polar surface area (TPSA) is 6.48 Å². The van der Waals surface area contributed by atoms with E-state index in [1.165, 1.54) is 111 Å². The third-order valence-corrected chi connectivity index (χ3v) is 18.0. The molecule has 0 atom stereocenters. The lowest BCUT2D eigenvalue weighted by molar-refractivity contribution is 1.30. The Hall–Kier alpha value is -3.64. The van der Waals surface area contributed by atoms with Crippen LogP contribution in [0.4, 0.5) is 11.4 Å². The molecule has 0 aliphatic carbocycles. The molecule has 1 aliphatic rings. The van der Waals surface area contributed by atoms with Crippen LogP contribution in [0.5, 0.6) is 0 Å². The van der Waals surface area contributed by atoms with Crippen LogP contribution in [-0.2, 0) is 0 Å². The summed E-state index contributed by atoms with van der Waals surface area (Å²) in [5.41, 5.74) is 27.0. The molecule has 0 bridgehead atoms. The quantitative estimate of drug-likeness (QED) is 0.155. The molecule has 2 nitrogen and oxygen atoms in total. The zero-order valence-electron chi connectivity index (χ0n) is 33.6. The first-order valence-corrected chi connectivity index (χ1v) is 23.0. The molecular formula is C48H50Cl2N2P2. The Morgan fingerprint density at radius 3 is 0.704 bits per heavy atom. The molecule has 1 heterocycles. The molecule has 0 saturated carbocycles. The molecule has 54 heavy (non-hydrogen) atoms. The zero-order chi connectivity index (χ0) is 38.9. The molecule has 1 fully saturated rings. The van der Waals surface area contributed by atoms with Crippen molar-refractivity contribution >= 4 is 49.0 Å². The molecule has 6 aromatic rings. The second-order valence-corrected chi connectivity index (χ2v) is 20.6. The molecule has 0 radical (unpaired) electrons. The van der Waals surface area contributed by atoms with Crippen LogP contribution in [0.25, 0.3) is 44.5 Å². The molecule has 7 rings (SSSR count). The number of hydrogen-bond acceptors (Lipinski definition) is 2. The van der Waals surface area contributed by atoms with E-state index in [0.717, 1.165) is 11.4 Å². The van der Waals surface area contributed by atoms with Crippen molar-refractivity contribution in [2.24, 2.45) is 0 Å². The van der Waals surface area contributed by atoms with Crippen molar-refractivity contribution in [1.82, 2.24) is 0 Å². The van der Waals surface area contributed by atoms with Crippen molar-refractivity contribution in [1.29, 1.82) is 0 Å². The first-order chi connectivity index (χ1) is 25.6. The number of hydrogen-bond donors (Lipinski definition) is 0. The molecule has 0 spiro atoms. The predicted octanol–water partition coefficient (Wildman–Crippen LogP) is 16.3. The third kappa shape index (κ3) is 6.58. The van der Waals surface area contributed by atoms with E-state index < -0.39 is 15.2 Å². The smallest absolute Gasteiger partial charge is 0.209 e. The van der Waals surface area contributed by atoms with Crippen molar-refractivity contribution in [3.63, 3.8) is 0 Å². The minimum atomic E-state index is -1.43. The summed E-state index contributed by atoms with van der Waals surface area (Å²) in [6.07, 6.45) is 0. The van der Waals surface area contributed by atoms with Gasteiger partial charge in [0.05, 0.1) is 11.4 Å². The average Bonchev–Trinajstić information content (AvgIpc) is 3.05. The normalized spacial score (nSPS) is 15.5. The van der Waals surface area contributed by atoms with E-state index in [2.05, 4.69) is 177 Å². The van der Waals surface area contributed by atoms with Gasteiger partial charge in [0.1, 0.15) is 0 Å². The fourth-order valence-electron chi connectivity index (χ4n) is 9.33. The van der Waals surface area contributed by atoms with Gasteiger partial charge in [0.25, 0.3) is 0 Å². The highest BCUT2D eigenvalue weighted by Crippen LogP contribution is 2.85. The summed E-state index contributed by atoms with van der Waals surface area (Å²) < 4.78 is 4.72. The SMILES string of the molecule is Cc1cc(C)c(-c2cccc(-c3c(C)cc(C)cc3C)c2N2P(Cl)N(c3c(-c4c(C)cc(C)cc4C)cccc3-c3c(C)cc(C)cc3C)P2Cl)c(C)c1. The van der Waals surface area contributed by atoms with Gasteiger partial charge in [-0.05, 0) is 172 Å². The van der Waals surface area contributed by atoms with Gasteiger partial charge < -0.3 is 0 Å². The Morgan fingerprint density at radius 2 is 0.519 bits per heavy atom. The minimum Gasteiger partial charge on any atom is -0.267 e. The first kappa shape index (κ1) is 38.6. The summed E-state index contributed by atoms with van der Waals surface area (Å²) in [5.74, 6) is 0. The fourth-order valence-corrected chi connectivity index (χ4v) is 16.4. The average molecular weight is 788 g/mol. The third-order valence-electron chi connectivity index (χ3n) is 10.9. The fraction of sp³-hybridized carbons (Fsp3) is 0.250. The van der Waals surface area contributed by atoms with E-state index in [1.54, 1.807) is 0 Å². The zero-order valence-corrected chi connectivity index (χ0v) is 36.9. The summed E-state index contributed by atoms with van der Waals surface area (Å²) in [5, 5.41) is 0. The second-order valence-electron chi connectivity index (χ2n) is 15.6. The number of nitrogens with zero attached hydrogens (tertiary/aromatic N) is 2. The molecule has 1 saturated heterocycles. The number of aryl methyl sites for hydroxylation is 12. The van der Waals surface area contributed by atoms with Crippen molar-refractivity contribution in [3.8, 4) is 44.5 Å². The van der Waals surface area contributed by atoms with Gasteiger partial charge in [0.2, 0.25) is 15.2 Å². The van der Waals surface area contributed by atoms with Crippen LogP contribution in [0.3, 0.4) is 0 Å². The van der Waals surface area contributed by atoms with Crippen LogP contribution in [0, 0.1) is 83.1 Å². The summed E-state index contributed by atoms with van der Waals surface area (Å²) >= 11 is 15.9. The lowest BCUT2D eigenvalue weighted by atomic mass is 9.87. The molecule has 6 heteroatoms. The second kappa shape index (κ2) is 14.8. The number of benzene rings is 6. The summed E-state index contributed by atoms with van der Waals surface area (Å²) in [7, 11) is -2.86. The summed E-state index contributed by atoms with van der Waals surface area (Å²) in [4.78, 5) is 0. The van der Waals surface area contributed by atoms with Crippen molar-refractivity contribution in [2.45, 2.75) is 83.1 Å². The Bertz CT molecular complexity index is 2060. The molecule has 0 unspecified atom stereocenters. The Kier molecular flexibility index (Phi) is 10.6. The molecule has 0 aromatic heterocycles. The van der Waals surface area contributed by atoms with Gasteiger partial charge in [-0.15, -0.1) is 0 Å². The Morgan fingerprint density at radius 1 is 0.333 bits per heavy atom. The predicted molar refractivity (Wildman–Crippen MR) is 242 cm³/mol. The van der Waals surface area contributed by atoms with E-state index in [4.69, 9.17) is 22.5 Å². The molecule has 6 aromatic carbocycles. The summed E-state index contributed by atoms with van der Waals surface area (Å²) in [6, 6.07) is 31.8. The van der Waals surface area contributed by atoms with Crippen LogP contribution in [-0.4, -0.2) is 0 Å². The van der Waals surface area contributed by atoms with Gasteiger partial charge in [0.15, 0.2) is 0 Å². The van der Waals surface area contributed by atoms with Crippen LogP contribution in [0.1, 0.15) is 66.8 Å². The highest BCUT2D eigenvalue weighted by molar-refractivity contribution is 8.15. The highest BCUT2D eigenvalue weighted by atomic mass is 35.7. The monoisotopic (exact) mass is 786 g/mol. The van der Waals surface area contributed by atoms with E-state index in [-0.39, 0.29) is 0 Å². The maximum Gasteiger partial charge on any atom is 0.209 e. The maximum atomic E-state index is 7.95. The van der Waals surface area contributed by atoms with E-state index in [9.17, 15) is 0 Å². The van der Waals surface area contributed by atoms with Crippen molar-refractivity contribution in [2.75, 3.05) is 8.88 Å². The Labute approximate surface area is 335 Å². The minimum absolute atomic E-state index is 1.12. The lowest BCUT2D eigenvalue weighted by Crippen LogP contribution is -2.33. The molecule has 0 N–H and O–H groups in total. The van der Waals surface area contributed by atoms with Crippen molar-refractivity contribution in [3.05, 3.63) is 152 Å². The lowest BCUT2D eigenvalue weighted by Gasteiger charge is -2.53. The van der Waals surface area contributed by atoms with Crippen LogP contribution in [0.15, 0.2) is 84.9 Å². The summed E-state index contributed by atoms with van der Waals surface area (Å²) in [6.45, 7) is 26.5. The maximum absolute atomic E-state index is 7.95. The van der Waals surface area contributed by atoms with Crippen LogP contribution in [0.2, 0.25) is 0 Å². The van der Waals surface area contributed by atoms with E-state index in [1.807, 2.05) is 0 Å². The van der Waals surface area contributed by atoms with Crippen LogP contribution < -0.4 is 8.88 Å². The highest BCUT2D eigenvalue weighted by Gasteiger charge is 2.50. The number of rotatable bonds is 6. The molecule has 276 valence electrons. The van der Waals surface area contributed by atoms with Crippen LogP contribution >= 0.6 is 37.6 Å². The van der Waals surface area contributed by atoms with Gasteiger partial charge in [-0.1, -0.05) is 107 Å². The largest absolute Gasteiger partial charge is 0.267 e. The van der Waals surface area contributed by atoms with Crippen molar-refractivity contribution < 1.29 is 0 Å². The molecule has 0 amide bonds. The first-order valence-electron chi connectivity index (χ1n) is 18.7. The van der Waals surface area contributed by atoms with Gasteiger partial charge in [-0.2, -0.15) is 0 Å². The van der Waals surface area contributed by atoms with Gasteiger partial charge >= 0.3 is 0 Å².